The van der Waals surface area contributed by atoms with Crippen molar-refractivity contribution in [2.75, 3.05) is 6.61 Å². The summed E-state index contributed by atoms with van der Waals surface area (Å²) in [6, 6.07) is 7.88. The number of carbonyl (C=O) groups is 1. The maximum Gasteiger partial charge on any atom is 0.237 e. The number of hydrogen-bond acceptors (Lipinski definition) is 5. The van der Waals surface area contributed by atoms with Crippen molar-refractivity contribution >= 4 is 5.91 Å². The minimum absolute atomic E-state index is 0.00924. The largest absolute Gasteiger partial charge is 0.493 e. The van der Waals surface area contributed by atoms with E-state index in [-0.39, 0.29) is 24.0 Å². The maximum absolute atomic E-state index is 12.6. The van der Waals surface area contributed by atoms with Gasteiger partial charge in [0, 0.05) is 24.4 Å². The molecule has 0 bridgehead atoms. The third-order valence-electron chi connectivity index (χ3n) is 4.96. The summed E-state index contributed by atoms with van der Waals surface area (Å²) in [5, 5.41) is 10.8. The zero-order chi connectivity index (χ0) is 17.2. The Hall–Kier alpha value is -2.41. The highest BCUT2D eigenvalue weighted by Gasteiger charge is 2.27. The number of carbonyl (C=O) groups excluding carboxylic acids is 1. The van der Waals surface area contributed by atoms with E-state index in [9.17, 15) is 4.79 Å². The molecule has 0 spiro atoms. The van der Waals surface area contributed by atoms with Crippen molar-refractivity contribution < 1.29 is 9.53 Å². The van der Waals surface area contributed by atoms with Crippen LogP contribution in [-0.2, 0) is 17.8 Å². The molecule has 3 heterocycles. The molecule has 0 saturated carbocycles. The lowest BCUT2D eigenvalue weighted by Crippen LogP contribution is -2.50. The van der Waals surface area contributed by atoms with Crippen LogP contribution in [0.3, 0.4) is 0 Å². The van der Waals surface area contributed by atoms with Crippen molar-refractivity contribution in [2.24, 2.45) is 0 Å². The lowest BCUT2D eigenvalue weighted by Gasteiger charge is -2.30. The van der Waals surface area contributed by atoms with Gasteiger partial charge < -0.3 is 15.4 Å². The van der Waals surface area contributed by atoms with Gasteiger partial charge in [0.05, 0.1) is 25.2 Å². The monoisotopic (exact) mass is 341 g/mol. The molecule has 7 heteroatoms. The van der Waals surface area contributed by atoms with Crippen LogP contribution in [0.5, 0.6) is 5.75 Å². The molecule has 2 aliphatic rings. The summed E-state index contributed by atoms with van der Waals surface area (Å²) in [7, 11) is 0. The molecule has 1 aromatic carbocycles. The Kier molecular flexibility index (Phi) is 4.40. The molecule has 1 aromatic heterocycles. The van der Waals surface area contributed by atoms with E-state index in [1.54, 1.807) is 6.33 Å². The number of para-hydroxylation sites is 1. The summed E-state index contributed by atoms with van der Waals surface area (Å²) >= 11 is 0. The molecule has 0 unspecified atom stereocenters. The van der Waals surface area contributed by atoms with Crippen molar-refractivity contribution in [2.45, 2.75) is 50.9 Å². The van der Waals surface area contributed by atoms with Gasteiger partial charge in [0.15, 0.2) is 0 Å². The lowest BCUT2D eigenvalue weighted by atomic mass is 10.00. The first-order chi connectivity index (χ1) is 12.2. The Balaban J connectivity index is 1.36. The van der Waals surface area contributed by atoms with E-state index in [4.69, 9.17) is 4.74 Å². The molecule has 7 nitrogen and oxygen atoms in total. The molecule has 25 heavy (non-hydrogen) atoms. The second-order valence-corrected chi connectivity index (χ2v) is 6.72. The molecule has 2 aliphatic heterocycles. The minimum Gasteiger partial charge on any atom is -0.493 e. The average Bonchev–Trinajstić information content (AvgIpc) is 3.10. The lowest BCUT2D eigenvalue weighted by molar-refractivity contribution is -0.124. The topological polar surface area (TPSA) is 81.1 Å². The van der Waals surface area contributed by atoms with Crippen LogP contribution >= 0.6 is 0 Å². The number of rotatable bonds is 4. The first-order valence-corrected chi connectivity index (χ1v) is 8.85. The standard InChI is InChI=1S/C18H23N5O2/c1-12(21-13-6-7-17-19-11-20-23(17)10-13)18(24)22-15-8-9-25-16-5-3-2-4-14(15)16/h2-5,11-13,15,21H,6-10H2,1H3,(H,22,24)/t12-,13-,15-/m0/s1. The normalized spacial score (nSPS) is 23.1. The zero-order valence-corrected chi connectivity index (χ0v) is 14.3. The number of nitrogens with one attached hydrogen (secondary N) is 2. The number of benzene rings is 1. The average molecular weight is 341 g/mol. The molecule has 4 rings (SSSR count). The Morgan fingerprint density at radius 1 is 1.36 bits per heavy atom. The van der Waals surface area contributed by atoms with Gasteiger partial charge in [-0.15, -0.1) is 0 Å². The van der Waals surface area contributed by atoms with E-state index in [0.717, 1.165) is 42.9 Å². The molecule has 1 amide bonds. The van der Waals surface area contributed by atoms with E-state index in [2.05, 4.69) is 20.7 Å². The van der Waals surface area contributed by atoms with Crippen LogP contribution in [0.25, 0.3) is 0 Å². The van der Waals surface area contributed by atoms with Crippen LogP contribution in [0, 0.1) is 0 Å². The number of nitrogens with zero attached hydrogens (tertiary/aromatic N) is 3. The highest BCUT2D eigenvalue weighted by Crippen LogP contribution is 2.31. The van der Waals surface area contributed by atoms with Crippen molar-refractivity contribution in [1.82, 2.24) is 25.4 Å². The molecule has 2 aromatic rings. The third kappa shape index (κ3) is 3.37. The van der Waals surface area contributed by atoms with Gasteiger partial charge in [-0.25, -0.2) is 9.67 Å². The third-order valence-corrected chi connectivity index (χ3v) is 4.96. The highest BCUT2D eigenvalue weighted by molar-refractivity contribution is 5.81. The van der Waals surface area contributed by atoms with E-state index in [1.807, 2.05) is 35.9 Å². The minimum atomic E-state index is -0.259. The molecule has 0 saturated heterocycles. The molecule has 0 radical (unpaired) electrons. The van der Waals surface area contributed by atoms with Crippen LogP contribution in [0.15, 0.2) is 30.6 Å². The van der Waals surface area contributed by atoms with Gasteiger partial charge in [-0.05, 0) is 19.4 Å². The summed E-state index contributed by atoms with van der Waals surface area (Å²) in [4.78, 5) is 16.9. The van der Waals surface area contributed by atoms with E-state index < -0.39 is 0 Å². The fourth-order valence-corrected chi connectivity index (χ4v) is 3.59. The number of fused-ring (bicyclic) bond motifs is 2. The van der Waals surface area contributed by atoms with Gasteiger partial charge in [0.2, 0.25) is 5.91 Å². The van der Waals surface area contributed by atoms with Crippen molar-refractivity contribution in [3.8, 4) is 5.75 Å². The fraction of sp³-hybridized carbons (Fsp3) is 0.500. The highest BCUT2D eigenvalue weighted by atomic mass is 16.5. The fourth-order valence-electron chi connectivity index (χ4n) is 3.59. The van der Waals surface area contributed by atoms with Crippen molar-refractivity contribution in [3.63, 3.8) is 0 Å². The Bertz CT molecular complexity index is 759. The van der Waals surface area contributed by atoms with Gasteiger partial charge in [0.25, 0.3) is 0 Å². The number of hydrogen-bond donors (Lipinski definition) is 2. The number of amides is 1. The first kappa shape index (κ1) is 16.1. The number of aromatic nitrogens is 3. The van der Waals surface area contributed by atoms with Crippen molar-refractivity contribution in [3.05, 3.63) is 42.0 Å². The van der Waals surface area contributed by atoms with Crippen LogP contribution in [0.4, 0.5) is 0 Å². The van der Waals surface area contributed by atoms with Gasteiger partial charge in [0.1, 0.15) is 17.9 Å². The molecule has 0 fully saturated rings. The second kappa shape index (κ2) is 6.84. The summed E-state index contributed by atoms with van der Waals surface area (Å²) in [6.45, 7) is 3.30. The van der Waals surface area contributed by atoms with Crippen LogP contribution in [0.1, 0.15) is 37.2 Å². The number of aryl methyl sites for hydroxylation is 1. The van der Waals surface area contributed by atoms with Gasteiger partial charge in [-0.1, -0.05) is 18.2 Å². The Morgan fingerprint density at radius 3 is 3.16 bits per heavy atom. The van der Waals surface area contributed by atoms with Crippen LogP contribution < -0.4 is 15.4 Å². The Morgan fingerprint density at radius 2 is 2.24 bits per heavy atom. The maximum atomic E-state index is 12.6. The first-order valence-electron chi connectivity index (χ1n) is 8.85. The molecular formula is C18H23N5O2. The summed E-state index contributed by atoms with van der Waals surface area (Å²) in [5.74, 6) is 1.91. The summed E-state index contributed by atoms with van der Waals surface area (Å²) < 4.78 is 7.58. The van der Waals surface area contributed by atoms with Crippen LogP contribution in [-0.4, -0.2) is 39.4 Å². The van der Waals surface area contributed by atoms with Gasteiger partial charge in [-0.3, -0.25) is 4.79 Å². The number of ether oxygens (including phenoxy) is 1. The van der Waals surface area contributed by atoms with Gasteiger partial charge >= 0.3 is 0 Å². The second-order valence-electron chi connectivity index (χ2n) is 6.72. The van der Waals surface area contributed by atoms with Gasteiger partial charge in [-0.2, -0.15) is 5.10 Å². The molecule has 132 valence electrons. The summed E-state index contributed by atoms with van der Waals surface area (Å²) in [5.41, 5.74) is 1.05. The van der Waals surface area contributed by atoms with E-state index in [0.29, 0.717) is 6.61 Å². The molecule has 2 N–H and O–H groups in total. The molecular weight excluding hydrogens is 318 g/mol. The Labute approximate surface area is 146 Å². The van der Waals surface area contributed by atoms with E-state index in [1.165, 1.54) is 0 Å². The summed E-state index contributed by atoms with van der Waals surface area (Å²) in [6.07, 6.45) is 4.24. The predicted octanol–water partition coefficient (Wildman–Crippen LogP) is 1.21. The van der Waals surface area contributed by atoms with Crippen molar-refractivity contribution in [1.29, 1.82) is 0 Å². The van der Waals surface area contributed by atoms with Crippen LogP contribution in [0.2, 0.25) is 0 Å². The quantitative estimate of drug-likeness (QED) is 0.874. The SMILES string of the molecule is C[C@H](N[C@H]1CCc2ncnn2C1)C(=O)N[C@H]1CCOc2ccccc21. The zero-order valence-electron chi connectivity index (χ0n) is 14.3. The van der Waals surface area contributed by atoms with E-state index >= 15 is 0 Å². The molecule has 0 aliphatic carbocycles. The predicted molar refractivity (Wildman–Crippen MR) is 92.2 cm³/mol. The molecule has 3 atom stereocenters. The smallest absolute Gasteiger partial charge is 0.237 e.